The number of carbonyl (C=O) groups excluding carboxylic acids is 1. The first-order valence-electron chi connectivity index (χ1n) is 12.4. The molecule has 1 fully saturated rings. The van der Waals surface area contributed by atoms with Crippen molar-refractivity contribution in [2.24, 2.45) is 0 Å². The monoisotopic (exact) mass is 496 g/mol. The number of hydrogen-bond acceptors (Lipinski definition) is 7. The van der Waals surface area contributed by atoms with Gasteiger partial charge in [-0.2, -0.15) is 14.6 Å². The molecular weight excluding hydrogens is 471 g/mol. The second kappa shape index (κ2) is 9.17. The molecule has 10 heteroatoms. The van der Waals surface area contributed by atoms with Crippen molar-refractivity contribution in [3.63, 3.8) is 0 Å². The Morgan fingerprint density at radius 1 is 1.16 bits per heavy atom. The van der Waals surface area contributed by atoms with Crippen LogP contribution in [0.3, 0.4) is 0 Å². The van der Waals surface area contributed by atoms with Crippen LogP contribution in [0.1, 0.15) is 44.6 Å². The molecule has 1 saturated carbocycles. The van der Waals surface area contributed by atoms with E-state index in [2.05, 4.69) is 31.5 Å². The number of amides is 1. The molecule has 1 aliphatic heterocycles. The quantitative estimate of drug-likeness (QED) is 0.393. The Hall–Kier alpha value is -4.52. The number of nitriles is 1. The summed E-state index contributed by atoms with van der Waals surface area (Å²) in [5.74, 6) is 0.346. The number of rotatable bonds is 4. The van der Waals surface area contributed by atoms with Crippen molar-refractivity contribution < 1.29 is 9.18 Å². The van der Waals surface area contributed by atoms with Crippen LogP contribution < -0.4 is 15.1 Å². The summed E-state index contributed by atoms with van der Waals surface area (Å²) in [7, 11) is 0. The minimum Gasteiger partial charge on any atom is -0.340 e. The molecule has 2 N–H and O–H groups in total. The largest absolute Gasteiger partial charge is 0.340 e. The SMILES string of the molecule is C[C@@H]1C(=O)N(c2cccc(C#N)c2)c2cnc(Nc3ccc4[nH]nc(F)c4c3)nc2N1C1CCCCC1. The first-order chi connectivity index (χ1) is 18.0. The fourth-order valence-corrected chi connectivity index (χ4v) is 5.40. The summed E-state index contributed by atoms with van der Waals surface area (Å²) in [5, 5.41) is 19.2. The van der Waals surface area contributed by atoms with Gasteiger partial charge in [0.1, 0.15) is 11.7 Å². The Kier molecular flexibility index (Phi) is 5.68. The zero-order valence-electron chi connectivity index (χ0n) is 20.3. The molecule has 6 rings (SSSR count). The molecule has 0 bridgehead atoms. The molecule has 186 valence electrons. The maximum atomic E-state index is 14.0. The maximum absolute atomic E-state index is 14.0. The van der Waals surface area contributed by atoms with Gasteiger partial charge in [0.2, 0.25) is 11.9 Å². The number of nitrogens with zero attached hydrogens (tertiary/aromatic N) is 6. The Morgan fingerprint density at radius 2 is 2.00 bits per heavy atom. The Balaban J connectivity index is 1.44. The second-order valence-corrected chi connectivity index (χ2v) is 9.51. The van der Waals surface area contributed by atoms with Crippen LogP contribution in [0.5, 0.6) is 0 Å². The van der Waals surface area contributed by atoms with Crippen LogP contribution >= 0.6 is 0 Å². The van der Waals surface area contributed by atoms with Crippen molar-refractivity contribution in [2.45, 2.75) is 51.1 Å². The van der Waals surface area contributed by atoms with E-state index in [0.717, 1.165) is 25.7 Å². The highest BCUT2D eigenvalue weighted by molar-refractivity contribution is 6.10. The molecule has 2 aliphatic rings. The third-order valence-corrected chi connectivity index (χ3v) is 7.20. The summed E-state index contributed by atoms with van der Waals surface area (Å²) in [6.45, 7) is 1.91. The average Bonchev–Trinajstić information content (AvgIpc) is 3.30. The van der Waals surface area contributed by atoms with Crippen molar-refractivity contribution >= 4 is 45.6 Å². The van der Waals surface area contributed by atoms with Crippen LogP contribution in [0, 0.1) is 17.3 Å². The molecule has 2 aromatic heterocycles. The van der Waals surface area contributed by atoms with Crippen LogP contribution in [-0.4, -0.2) is 38.2 Å². The second-order valence-electron chi connectivity index (χ2n) is 9.51. The first kappa shape index (κ1) is 22.9. The molecular formula is C27H25FN8O. The number of aromatic nitrogens is 4. The standard InChI is InChI=1S/C27H25FN8O/c1-16-26(37)36(20-9-5-6-17(12-20)14-29)23-15-30-27(32-25(23)35(16)19-7-3-2-4-8-19)31-18-10-11-22-21(13-18)24(28)34-33-22/h5-6,9-13,15-16,19H,2-4,7-8H2,1H3,(H,33,34)(H,30,31,32)/t16-/m1/s1. The average molecular weight is 497 g/mol. The Morgan fingerprint density at radius 3 is 2.81 bits per heavy atom. The third-order valence-electron chi connectivity index (χ3n) is 7.20. The zero-order chi connectivity index (χ0) is 25.5. The predicted molar refractivity (Wildman–Crippen MR) is 138 cm³/mol. The van der Waals surface area contributed by atoms with Gasteiger partial charge in [0.15, 0.2) is 5.82 Å². The molecule has 1 amide bonds. The van der Waals surface area contributed by atoms with Crippen LogP contribution in [0.4, 0.5) is 33.2 Å². The summed E-state index contributed by atoms with van der Waals surface area (Å²) in [6, 6.07) is 14.1. The molecule has 0 unspecified atom stereocenters. The number of aromatic amines is 1. The van der Waals surface area contributed by atoms with Crippen LogP contribution in [0.15, 0.2) is 48.7 Å². The van der Waals surface area contributed by atoms with Crippen molar-refractivity contribution in [1.29, 1.82) is 5.26 Å². The Labute approximate surface area is 212 Å². The summed E-state index contributed by atoms with van der Waals surface area (Å²) < 4.78 is 14.0. The smallest absolute Gasteiger partial charge is 0.254 e. The van der Waals surface area contributed by atoms with Gasteiger partial charge in [0, 0.05) is 11.7 Å². The van der Waals surface area contributed by atoms with Gasteiger partial charge < -0.3 is 10.2 Å². The summed E-state index contributed by atoms with van der Waals surface area (Å²) >= 11 is 0. The van der Waals surface area contributed by atoms with E-state index >= 15 is 0 Å². The Bertz CT molecular complexity index is 1540. The van der Waals surface area contributed by atoms with Crippen molar-refractivity contribution in [3.8, 4) is 6.07 Å². The minimum absolute atomic E-state index is 0.0849. The summed E-state index contributed by atoms with van der Waals surface area (Å²) in [6.07, 6.45) is 7.03. The van der Waals surface area contributed by atoms with Gasteiger partial charge in [0.25, 0.3) is 5.91 Å². The highest BCUT2D eigenvalue weighted by atomic mass is 19.1. The highest BCUT2D eigenvalue weighted by Crippen LogP contribution is 2.42. The number of carbonyl (C=O) groups is 1. The van der Waals surface area contributed by atoms with Crippen molar-refractivity contribution in [2.75, 3.05) is 15.1 Å². The lowest BCUT2D eigenvalue weighted by atomic mass is 9.92. The van der Waals surface area contributed by atoms with E-state index in [4.69, 9.17) is 4.98 Å². The van der Waals surface area contributed by atoms with Gasteiger partial charge in [-0.25, -0.2) is 4.98 Å². The molecule has 4 aromatic rings. The number of halogens is 1. The molecule has 1 aliphatic carbocycles. The van der Waals surface area contributed by atoms with Crippen molar-refractivity contribution in [1.82, 2.24) is 20.2 Å². The van der Waals surface area contributed by atoms with Crippen molar-refractivity contribution in [3.05, 3.63) is 60.2 Å². The maximum Gasteiger partial charge on any atom is 0.254 e. The zero-order valence-corrected chi connectivity index (χ0v) is 20.3. The molecule has 0 saturated heterocycles. The lowest BCUT2D eigenvalue weighted by Gasteiger charge is -2.45. The van der Waals surface area contributed by atoms with E-state index in [1.54, 1.807) is 47.5 Å². The van der Waals surface area contributed by atoms with Crippen LogP contribution in [0.2, 0.25) is 0 Å². The summed E-state index contributed by atoms with van der Waals surface area (Å²) in [4.78, 5) is 26.9. The molecule has 1 atom stereocenters. The van der Waals surface area contributed by atoms with Gasteiger partial charge in [-0.05, 0) is 56.2 Å². The van der Waals surface area contributed by atoms with Gasteiger partial charge in [-0.15, -0.1) is 5.10 Å². The van der Waals surface area contributed by atoms with E-state index in [9.17, 15) is 14.4 Å². The highest BCUT2D eigenvalue weighted by Gasteiger charge is 2.41. The number of H-pyrrole nitrogens is 1. The van der Waals surface area contributed by atoms with Gasteiger partial charge >= 0.3 is 0 Å². The van der Waals surface area contributed by atoms with E-state index < -0.39 is 12.0 Å². The number of hydrogen-bond donors (Lipinski definition) is 2. The van der Waals surface area contributed by atoms with Crippen LogP contribution in [0.25, 0.3) is 10.9 Å². The first-order valence-corrected chi connectivity index (χ1v) is 12.4. The number of nitrogens with one attached hydrogen (secondary N) is 2. The lowest BCUT2D eigenvalue weighted by Crippen LogP contribution is -2.55. The predicted octanol–water partition coefficient (Wildman–Crippen LogP) is 5.31. The van der Waals surface area contributed by atoms with Crippen LogP contribution in [-0.2, 0) is 4.79 Å². The molecule has 37 heavy (non-hydrogen) atoms. The molecule has 0 radical (unpaired) electrons. The lowest BCUT2D eigenvalue weighted by molar-refractivity contribution is -0.119. The number of benzene rings is 2. The molecule has 2 aromatic carbocycles. The molecule has 0 spiro atoms. The molecule has 9 nitrogen and oxygen atoms in total. The number of fused-ring (bicyclic) bond motifs is 2. The minimum atomic E-state index is -0.573. The van der Waals surface area contributed by atoms with Gasteiger partial charge in [0.05, 0.1) is 34.4 Å². The fraction of sp³-hybridized carbons (Fsp3) is 0.296. The van der Waals surface area contributed by atoms with Gasteiger partial charge in [-0.3, -0.25) is 14.8 Å². The van der Waals surface area contributed by atoms with E-state index in [-0.39, 0.29) is 11.9 Å². The molecule has 3 heterocycles. The summed E-state index contributed by atoms with van der Waals surface area (Å²) in [5.41, 5.74) is 2.86. The fourth-order valence-electron chi connectivity index (χ4n) is 5.40. The third kappa shape index (κ3) is 4.02. The van der Waals surface area contributed by atoms with E-state index in [1.807, 2.05) is 13.0 Å². The number of anilines is 5. The van der Waals surface area contributed by atoms with E-state index in [0.29, 0.717) is 45.3 Å². The van der Waals surface area contributed by atoms with E-state index in [1.165, 1.54) is 6.42 Å². The van der Waals surface area contributed by atoms with Gasteiger partial charge in [-0.1, -0.05) is 25.3 Å². The topological polar surface area (TPSA) is 114 Å². The normalized spacial score (nSPS) is 18.1.